The molecule has 0 aromatic heterocycles. The molecule has 0 aromatic rings. The molecule has 0 rings (SSSR count). The van der Waals surface area contributed by atoms with Crippen LogP contribution in [0.2, 0.25) is 0 Å². The lowest BCUT2D eigenvalue weighted by atomic mass is 10.1. The van der Waals surface area contributed by atoms with E-state index in [1.807, 2.05) is 0 Å². The summed E-state index contributed by atoms with van der Waals surface area (Å²) in [6.07, 6.45) is 68.4. The Bertz CT molecular complexity index is 1270. The summed E-state index contributed by atoms with van der Waals surface area (Å²) in [6, 6.07) is 0. The smallest absolute Gasteiger partial charge is 0.306 e. The van der Waals surface area contributed by atoms with Crippen LogP contribution in [0.25, 0.3) is 0 Å². The minimum atomic E-state index is -0.795. The summed E-state index contributed by atoms with van der Waals surface area (Å²) < 4.78 is 16.8. The second kappa shape index (κ2) is 53.2. The lowest BCUT2D eigenvalue weighted by Gasteiger charge is -2.18. The van der Waals surface area contributed by atoms with E-state index in [1.54, 1.807) is 0 Å². The molecule has 0 heterocycles. The average molecular weight is 905 g/mol. The summed E-state index contributed by atoms with van der Waals surface area (Å²) in [5.41, 5.74) is 0. The van der Waals surface area contributed by atoms with Crippen molar-refractivity contribution in [2.75, 3.05) is 13.2 Å². The first-order valence-corrected chi connectivity index (χ1v) is 27.1. The molecule has 372 valence electrons. The molecule has 0 aliphatic heterocycles. The van der Waals surface area contributed by atoms with Crippen LogP contribution in [-0.2, 0) is 28.6 Å². The van der Waals surface area contributed by atoms with Crippen molar-refractivity contribution in [2.24, 2.45) is 0 Å². The van der Waals surface area contributed by atoms with Gasteiger partial charge in [0.1, 0.15) is 13.2 Å². The molecule has 6 heteroatoms. The van der Waals surface area contributed by atoms with Crippen LogP contribution in [0.5, 0.6) is 0 Å². The third-order valence-corrected chi connectivity index (χ3v) is 11.3. The highest BCUT2D eigenvalue weighted by Gasteiger charge is 2.19. The molecule has 0 amide bonds. The van der Waals surface area contributed by atoms with Crippen molar-refractivity contribution in [1.82, 2.24) is 0 Å². The predicted octanol–water partition coefficient (Wildman–Crippen LogP) is 18.0. The van der Waals surface area contributed by atoms with Gasteiger partial charge in [-0.05, 0) is 109 Å². The molecule has 0 fully saturated rings. The summed E-state index contributed by atoms with van der Waals surface area (Å²) in [4.78, 5) is 38.0. The lowest BCUT2D eigenvalue weighted by Crippen LogP contribution is -2.30. The van der Waals surface area contributed by atoms with Gasteiger partial charge in [0.05, 0.1) is 0 Å². The third-order valence-electron chi connectivity index (χ3n) is 11.3. The SMILES string of the molecule is CCCC/C=C\C/C=C\CCCCCCCC(=O)OCC(COC(=O)CCCCCCCC/C=C\C/C=C\C/C=C\CCCCC)OC(=O)CCCCCCC/C=C\C/C=C\CCCC. The molecular weight excluding hydrogens is 805 g/mol. The minimum absolute atomic E-state index is 0.0943. The summed E-state index contributed by atoms with van der Waals surface area (Å²) in [5.74, 6) is -0.933. The molecule has 0 radical (unpaired) electrons. The largest absolute Gasteiger partial charge is 0.462 e. The number of rotatable bonds is 48. The van der Waals surface area contributed by atoms with E-state index in [9.17, 15) is 14.4 Å². The van der Waals surface area contributed by atoms with E-state index in [0.29, 0.717) is 19.3 Å². The number of esters is 3. The summed E-state index contributed by atoms with van der Waals surface area (Å²) in [7, 11) is 0. The quantitative estimate of drug-likeness (QED) is 0.0262. The van der Waals surface area contributed by atoms with Crippen molar-refractivity contribution in [3.05, 3.63) is 85.1 Å². The van der Waals surface area contributed by atoms with E-state index in [2.05, 4.69) is 106 Å². The lowest BCUT2D eigenvalue weighted by molar-refractivity contribution is -0.167. The van der Waals surface area contributed by atoms with Gasteiger partial charge < -0.3 is 14.2 Å². The van der Waals surface area contributed by atoms with Gasteiger partial charge in [0, 0.05) is 19.3 Å². The van der Waals surface area contributed by atoms with Crippen molar-refractivity contribution in [2.45, 2.75) is 258 Å². The van der Waals surface area contributed by atoms with Crippen molar-refractivity contribution < 1.29 is 28.6 Å². The van der Waals surface area contributed by atoms with Gasteiger partial charge in [-0.2, -0.15) is 0 Å². The maximum absolute atomic E-state index is 12.8. The molecule has 1 atom stereocenters. The second-order valence-electron chi connectivity index (χ2n) is 17.8. The van der Waals surface area contributed by atoms with Gasteiger partial charge >= 0.3 is 17.9 Å². The van der Waals surface area contributed by atoms with Gasteiger partial charge in [0.15, 0.2) is 6.10 Å². The number of unbranched alkanes of at least 4 members (excludes halogenated alkanes) is 23. The summed E-state index contributed by atoms with van der Waals surface area (Å²) in [5, 5.41) is 0. The Labute approximate surface area is 401 Å². The number of carbonyl (C=O) groups excluding carboxylic acids is 3. The van der Waals surface area contributed by atoms with Crippen LogP contribution < -0.4 is 0 Å². The maximum Gasteiger partial charge on any atom is 0.306 e. The van der Waals surface area contributed by atoms with E-state index in [-0.39, 0.29) is 31.1 Å². The van der Waals surface area contributed by atoms with Crippen LogP contribution in [0.3, 0.4) is 0 Å². The second-order valence-corrected chi connectivity index (χ2v) is 17.8. The monoisotopic (exact) mass is 905 g/mol. The molecule has 1 unspecified atom stereocenters. The predicted molar refractivity (Wildman–Crippen MR) is 279 cm³/mol. The molecule has 6 nitrogen and oxygen atoms in total. The molecule has 0 saturated heterocycles. The molecule has 0 N–H and O–H groups in total. The first-order chi connectivity index (χ1) is 32.0. The third kappa shape index (κ3) is 51.4. The summed E-state index contributed by atoms with van der Waals surface area (Å²) in [6.45, 7) is 6.49. The van der Waals surface area contributed by atoms with Crippen LogP contribution in [0.15, 0.2) is 85.1 Å². The molecule has 0 aliphatic carbocycles. The number of ether oxygens (including phenoxy) is 3. The van der Waals surface area contributed by atoms with E-state index in [0.717, 1.165) is 128 Å². The molecule has 0 aromatic carbocycles. The summed E-state index contributed by atoms with van der Waals surface area (Å²) >= 11 is 0. The van der Waals surface area contributed by atoms with E-state index in [1.165, 1.54) is 83.5 Å². The van der Waals surface area contributed by atoms with Crippen LogP contribution in [0.4, 0.5) is 0 Å². The topological polar surface area (TPSA) is 78.9 Å². The minimum Gasteiger partial charge on any atom is -0.462 e. The van der Waals surface area contributed by atoms with Crippen LogP contribution in [-0.4, -0.2) is 37.2 Å². The zero-order valence-electron chi connectivity index (χ0n) is 42.5. The van der Waals surface area contributed by atoms with Gasteiger partial charge in [-0.25, -0.2) is 0 Å². The van der Waals surface area contributed by atoms with Crippen LogP contribution >= 0.6 is 0 Å². The van der Waals surface area contributed by atoms with Crippen molar-refractivity contribution in [3.63, 3.8) is 0 Å². The fraction of sp³-hybridized carbons (Fsp3) is 0.712. The first kappa shape index (κ1) is 61.6. The Balaban J connectivity index is 4.44. The van der Waals surface area contributed by atoms with Gasteiger partial charge in [0.25, 0.3) is 0 Å². The Morgan fingerprint density at radius 2 is 0.569 bits per heavy atom. The average Bonchev–Trinajstić information content (AvgIpc) is 3.30. The Morgan fingerprint density at radius 3 is 0.908 bits per heavy atom. The van der Waals surface area contributed by atoms with Crippen LogP contribution in [0, 0.1) is 0 Å². The Kier molecular flexibility index (Phi) is 50.4. The Hall–Kier alpha value is -3.41. The van der Waals surface area contributed by atoms with Crippen molar-refractivity contribution >= 4 is 17.9 Å². The van der Waals surface area contributed by atoms with Crippen molar-refractivity contribution in [1.29, 1.82) is 0 Å². The number of hydrogen-bond acceptors (Lipinski definition) is 6. The highest BCUT2D eigenvalue weighted by Crippen LogP contribution is 2.13. The number of hydrogen-bond donors (Lipinski definition) is 0. The molecule has 0 spiro atoms. The first-order valence-electron chi connectivity index (χ1n) is 27.1. The zero-order chi connectivity index (χ0) is 47.2. The molecule has 0 aliphatic rings. The van der Waals surface area contributed by atoms with E-state index >= 15 is 0 Å². The highest BCUT2D eigenvalue weighted by molar-refractivity contribution is 5.71. The van der Waals surface area contributed by atoms with Gasteiger partial charge in [-0.15, -0.1) is 0 Å². The van der Waals surface area contributed by atoms with Gasteiger partial charge in [0.2, 0.25) is 0 Å². The molecule has 0 saturated carbocycles. The van der Waals surface area contributed by atoms with E-state index < -0.39 is 6.10 Å². The molecule has 65 heavy (non-hydrogen) atoms. The highest BCUT2D eigenvalue weighted by atomic mass is 16.6. The maximum atomic E-state index is 12.8. The zero-order valence-corrected chi connectivity index (χ0v) is 42.5. The fourth-order valence-electron chi connectivity index (χ4n) is 7.19. The number of carbonyl (C=O) groups is 3. The van der Waals surface area contributed by atoms with E-state index in [4.69, 9.17) is 14.2 Å². The standard InChI is InChI=1S/C59H100O6/c1-4-7-10-13-16-19-22-25-28-29-30-31-32-35-37-40-43-46-49-52-58(61)64-55-56(65-59(62)53-50-47-44-41-38-34-27-24-21-18-15-12-9-6-3)54-63-57(60)51-48-45-42-39-36-33-26-23-20-17-14-11-8-5-2/h14-19,23-28,30-31,56H,4-13,20-22,29,32-55H2,1-3H3/b17-14-,18-15-,19-16-,26-23-,27-24-,28-25-,31-30-. The molecule has 0 bridgehead atoms. The number of allylic oxidation sites excluding steroid dienone is 14. The fourth-order valence-corrected chi connectivity index (χ4v) is 7.19. The normalized spacial score (nSPS) is 12.7. The molecular formula is C59H100O6. The Morgan fingerprint density at radius 1 is 0.308 bits per heavy atom. The van der Waals surface area contributed by atoms with Gasteiger partial charge in [-0.3, -0.25) is 14.4 Å². The van der Waals surface area contributed by atoms with Crippen LogP contribution in [0.1, 0.15) is 252 Å². The van der Waals surface area contributed by atoms with Crippen molar-refractivity contribution in [3.8, 4) is 0 Å². The van der Waals surface area contributed by atoms with Gasteiger partial charge in [-0.1, -0.05) is 209 Å².